The Morgan fingerprint density at radius 1 is 1.17 bits per heavy atom. The average Bonchev–Trinajstić information content (AvgIpc) is 3.10. The maximum absolute atomic E-state index is 4.81. The number of unbranched alkanes of at least 4 members (excludes halogenated alkanes) is 1. The lowest BCUT2D eigenvalue weighted by Gasteiger charge is -2.00. The molecule has 0 N–H and O–H groups in total. The Kier molecular flexibility index (Phi) is 3.95. The van der Waals surface area contributed by atoms with Gasteiger partial charge in [-0.05, 0) is 42.7 Å². The first-order chi connectivity index (χ1) is 11.2. The quantitative estimate of drug-likeness (QED) is 0.402. The van der Waals surface area contributed by atoms with Crippen LogP contribution in [0.4, 0.5) is 0 Å². The van der Waals surface area contributed by atoms with E-state index in [1.807, 2.05) is 12.1 Å². The van der Waals surface area contributed by atoms with Crippen LogP contribution in [0.2, 0.25) is 0 Å². The van der Waals surface area contributed by atoms with E-state index in [1.165, 1.54) is 28.6 Å². The van der Waals surface area contributed by atoms with Gasteiger partial charge in [0.05, 0.1) is 15.9 Å². The maximum Gasteiger partial charge on any atom is 0.195 e. The number of fused-ring (bicyclic) bond motifs is 3. The highest BCUT2D eigenvalue weighted by Gasteiger charge is 2.10. The third-order valence-corrected chi connectivity index (χ3v) is 5.61. The number of thiazole rings is 1. The molecule has 2 aromatic carbocycles. The van der Waals surface area contributed by atoms with Crippen molar-refractivity contribution >= 4 is 42.4 Å². The Balaban J connectivity index is 1.78. The van der Waals surface area contributed by atoms with Crippen LogP contribution in [0.5, 0.6) is 0 Å². The molecule has 23 heavy (non-hydrogen) atoms. The van der Waals surface area contributed by atoms with E-state index in [1.54, 1.807) is 11.3 Å². The van der Waals surface area contributed by atoms with E-state index < -0.39 is 0 Å². The minimum absolute atomic E-state index is 1.02. The number of aryl methyl sites for hydroxylation is 1. The van der Waals surface area contributed by atoms with Crippen LogP contribution in [0, 0.1) is 0 Å². The smallest absolute Gasteiger partial charge is 0.195 e. The molecule has 0 saturated carbocycles. The zero-order valence-corrected chi connectivity index (χ0v) is 15.3. The Morgan fingerprint density at radius 2 is 2.09 bits per heavy atom. The number of aromatic nitrogens is 2. The molecule has 0 aliphatic heterocycles. The summed E-state index contributed by atoms with van der Waals surface area (Å²) in [7, 11) is 0. The SMILES string of the molecule is CCCCc1ccc2c(c1)sc1nc(-c3cccc(Br)c3)cn12. The van der Waals surface area contributed by atoms with Gasteiger partial charge in [-0.15, -0.1) is 0 Å². The van der Waals surface area contributed by atoms with E-state index in [9.17, 15) is 0 Å². The molecule has 0 aliphatic rings. The predicted molar refractivity (Wildman–Crippen MR) is 102 cm³/mol. The third kappa shape index (κ3) is 2.81. The van der Waals surface area contributed by atoms with Crippen molar-refractivity contribution in [1.29, 1.82) is 0 Å². The molecule has 2 aromatic heterocycles. The number of hydrogen-bond acceptors (Lipinski definition) is 2. The number of rotatable bonds is 4. The Morgan fingerprint density at radius 3 is 2.91 bits per heavy atom. The van der Waals surface area contributed by atoms with E-state index in [-0.39, 0.29) is 0 Å². The first kappa shape index (κ1) is 14.9. The first-order valence-electron chi connectivity index (χ1n) is 7.91. The van der Waals surface area contributed by atoms with Crippen LogP contribution in [0.25, 0.3) is 26.4 Å². The predicted octanol–water partition coefficient (Wildman–Crippen LogP) is 6.32. The molecule has 0 amide bonds. The van der Waals surface area contributed by atoms with Crippen LogP contribution >= 0.6 is 27.3 Å². The van der Waals surface area contributed by atoms with Gasteiger partial charge in [-0.3, -0.25) is 4.40 Å². The third-order valence-electron chi connectivity index (χ3n) is 4.10. The number of nitrogens with zero attached hydrogens (tertiary/aromatic N) is 2. The highest BCUT2D eigenvalue weighted by Crippen LogP contribution is 2.31. The molecular weight excluding hydrogens is 368 g/mol. The summed E-state index contributed by atoms with van der Waals surface area (Å²) in [4.78, 5) is 5.87. The molecule has 0 atom stereocenters. The van der Waals surface area contributed by atoms with Crippen molar-refractivity contribution in [2.24, 2.45) is 0 Å². The first-order valence-corrected chi connectivity index (χ1v) is 9.52. The minimum atomic E-state index is 1.02. The lowest BCUT2D eigenvalue weighted by Crippen LogP contribution is -1.84. The summed E-state index contributed by atoms with van der Waals surface area (Å²) in [6, 6.07) is 15.1. The van der Waals surface area contributed by atoms with Gasteiger partial charge in [-0.25, -0.2) is 4.98 Å². The van der Waals surface area contributed by atoms with Gasteiger partial charge in [0.1, 0.15) is 0 Å². The monoisotopic (exact) mass is 384 g/mol. The standard InChI is InChI=1S/C19H17BrN2S/c1-2-3-5-13-8-9-17-18(10-13)23-19-21-16(12-22(17)19)14-6-4-7-15(20)11-14/h4,6-12H,2-3,5H2,1H3. The van der Waals surface area contributed by atoms with Crippen LogP contribution in [0.15, 0.2) is 53.1 Å². The van der Waals surface area contributed by atoms with Gasteiger partial charge in [0.2, 0.25) is 0 Å². The molecule has 4 heteroatoms. The molecule has 4 rings (SSSR count). The summed E-state index contributed by atoms with van der Waals surface area (Å²) in [5.74, 6) is 0. The lowest BCUT2D eigenvalue weighted by molar-refractivity contribution is 0.796. The molecule has 0 fully saturated rings. The van der Waals surface area contributed by atoms with Crippen molar-refractivity contribution in [1.82, 2.24) is 9.38 Å². The second-order valence-electron chi connectivity index (χ2n) is 5.80. The van der Waals surface area contributed by atoms with Crippen LogP contribution in [-0.2, 0) is 6.42 Å². The number of imidazole rings is 1. The molecular formula is C19H17BrN2S. The van der Waals surface area contributed by atoms with Crippen molar-refractivity contribution < 1.29 is 0 Å². The van der Waals surface area contributed by atoms with Crippen molar-refractivity contribution in [3.05, 3.63) is 58.7 Å². The topological polar surface area (TPSA) is 17.3 Å². The van der Waals surface area contributed by atoms with Crippen LogP contribution in [0.1, 0.15) is 25.3 Å². The zero-order valence-electron chi connectivity index (χ0n) is 12.9. The molecule has 0 spiro atoms. The van der Waals surface area contributed by atoms with Crippen LogP contribution < -0.4 is 0 Å². The molecule has 0 radical (unpaired) electrons. The van der Waals surface area contributed by atoms with E-state index in [0.29, 0.717) is 0 Å². The summed E-state index contributed by atoms with van der Waals surface area (Å²) in [5, 5.41) is 0. The van der Waals surface area contributed by atoms with Gasteiger partial charge in [-0.1, -0.05) is 58.8 Å². The van der Waals surface area contributed by atoms with E-state index >= 15 is 0 Å². The van der Waals surface area contributed by atoms with Crippen LogP contribution in [0.3, 0.4) is 0 Å². The lowest BCUT2D eigenvalue weighted by atomic mass is 10.1. The highest BCUT2D eigenvalue weighted by atomic mass is 79.9. The summed E-state index contributed by atoms with van der Waals surface area (Å²) < 4.78 is 4.61. The fraction of sp³-hybridized carbons (Fsp3) is 0.211. The van der Waals surface area contributed by atoms with E-state index in [2.05, 4.69) is 63.8 Å². The maximum atomic E-state index is 4.81. The van der Waals surface area contributed by atoms with Crippen molar-refractivity contribution in [2.45, 2.75) is 26.2 Å². The van der Waals surface area contributed by atoms with Gasteiger partial charge in [-0.2, -0.15) is 0 Å². The van der Waals surface area contributed by atoms with Crippen molar-refractivity contribution in [3.8, 4) is 11.3 Å². The molecule has 2 nitrogen and oxygen atoms in total. The largest absolute Gasteiger partial charge is 0.290 e. The van der Waals surface area contributed by atoms with E-state index in [0.717, 1.165) is 27.1 Å². The summed E-state index contributed by atoms with van der Waals surface area (Å²) in [6.07, 6.45) is 5.79. The Bertz CT molecular complexity index is 984. The molecule has 0 unspecified atom stereocenters. The van der Waals surface area contributed by atoms with Gasteiger partial charge in [0.15, 0.2) is 4.96 Å². The summed E-state index contributed by atoms with van der Waals surface area (Å²) in [5.41, 5.74) is 4.84. The van der Waals surface area contributed by atoms with Crippen molar-refractivity contribution in [3.63, 3.8) is 0 Å². The molecule has 4 aromatic rings. The zero-order chi connectivity index (χ0) is 15.8. The summed E-state index contributed by atoms with van der Waals surface area (Å²) in [6.45, 7) is 2.24. The van der Waals surface area contributed by atoms with E-state index in [4.69, 9.17) is 4.98 Å². The number of halogens is 1. The van der Waals surface area contributed by atoms with Gasteiger partial charge in [0, 0.05) is 16.2 Å². The molecule has 116 valence electrons. The average molecular weight is 385 g/mol. The Labute approximate surface area is 147 Å². The number of benzene rings is 2. The number of hydrogen-bond donors (Lipinski definition) is 0. The fourth-order valence-electron chi connectivity index (χ4n) is 2.87. The molecule has 0 aliphatic carbocycles. The normalized spacial score (nSPS) is 11.6. The second-order valence-corrected chi connectivity index (χ2v) is 7.72. The second kappa shape index (κ2) is 6.10. The van der Waals surface area contributed by atoms with Crippen molar-refractivity contribution in [2.75, 3.05) is 0 Å². The summed E-state index contributed by atoms with van der Waals surface area (Å²) >= 11 is 5.30. The van der Waals surface area contributed by atoms with Gasteiger partial charge >= 0.3 is 0 Å². The fourth-order valence-corrected chi connectivity index (χ4v) is 4.34. The highest BCUT2D eigenvalue weighted by molar-refractivity contribution is 9.10. The molecule has 0 bridgehead atoms. The van der Waals surface area contributed by atoms with Gasteiger partial charge < -0.3 is 0 Å². The Hall–Kier alpha value is -1.65. The van der Waals surface area contributed by atoms with Gasteiger partial charge in [0.25, 0.3) is 0 Å². The minimum Gasteiger partial charge on any atom is -0.290 e. The molecule has 2 heterocycles. The molecule has 0 saturated heterocycles. The van der Waals surface area contributed by atoms with Crippen LogP contribution in [-0.4, -0.2) is 9.38 Å².